The van der Waals surface area contributed by atoms with Gasteiger partial charge in [0, 0.05) is 13.0 Å². The van der Waals surface area contributed by atoms with Gasteiger partial charge in [-0.25, -0.2) is 0 Å². The van der Waals surface area contributed by atoms with E-state index in [9.17, 15) is 5.11 Å². The van der Waals surface area contributed by atoms with Gasteiger partial charge in [-0.15, -0.1) is 5.92 Å². The Bertz CT molecular complexity index is 482. The van der Waals surface area contributed by atoms with Gasteiger partial charge in [0.25, 0.3) is 0 Å². The minimum atomic E-state index is -1.78. The highest BCUT2D eigenvalue weighted by Crippen LogP contribution is 2.37. The molecule has 146 valence electrons. The summed E-state index contributed by atoms with van der Waals surface area (Å²) in [5.74, 6) is 5.76. The fourth-order valence-corrected chi connectivity index (χ4v) is 3.51. The lowest BCUT2D eigenvalue weighted by Crippen LogP contribution is -2.42. The second-order valence-electron chi connectivity index (χ2n) is 9.40. The summed E-state index contributed by atoms with van der Waals surface area (Å²) in [5, 5.41) is 10.6. The maximum atomic E-state index is 10.4. The standard InChI is InChI=1S/C20H38O4Si/c1-15(2)11-10-12-16(21)18-17(23-20(6,7)24-18)13-14-22-25(8,9)19(3,4)5/h15-18,21H,11,13-14H2,1-9H3/t16?,17-,18+/m0/s1. The van der Waals surface area contributed by atoms with E-state index in [1.807, 2.05) is 13.8 Å². The summed E-state index contributed by atoms with van der Waals surface area (Å²) >= 11 is 0. The van der Waals surface area contributed by atoms with E-state index in [2.05, 4.69) is 59.6 Å². The van der Waals surface area contributed by atoms with Crippen LogP contribution in [0.5, 0.6) is 0 Å². The maximum Gasteiger partial charge on any atom is 0.191 e. The summed E-state index contributed by atoms with van der Waals surface area (Å²) < 4.78 is 18.2. The van der Waals surface area contributed by atoms with Crippen molar-refractivity contribution in [3.8, 4) is 11.8 Å². The fourth-order valence-electron chi connectivity index (χ4n) is 2.45. The molecule has 4 nitrogen and oxygen atoms in total. The first-order valence-corrected chi connectivity index (χ1v) is 12.3. The molecule has 0 aromatic rings. The fraction of sp³-hybridized carbons (Fsp3) is 0.900. The van der Waals surface area contributed by atoms with Crippen LogP contribution >= 0.6 is 0 Å². The predicted molar refractivity (Wildman–Crippen MR) is 105 cm³/mol. The quantitative estimate of drug-likeness (QED) is 0.558. The monoisotopic (exact) mass is 370 g/mol. The van der Waals surface area contributed by atoms with Crippen molar-refractivity contribution < 1.29 is 19.0 Å². The third-order valence-corrected chi connectivity index (χ3v) is 9.50. The molecule has 0 aromatic carbocycles. The van der Waals surface area contributed by atoms with Crippen LogP contribution in [0.4, 0.5) is 0 Å². The van der Waals surface area contributed by atoms with Crippen LogP contribution in [0.3, 0.4) is 0 Å². The summed E-state index contributed by atoms with van der Waals surface area (Å²) in [6, 6.07) is 0. The summed E-state index contributed by atoms with van der Waals surface area (Å²) in [5.41, 5.74) is 0. The highest BCUT2D eigenvalue weighted by molar-refractivity contribution is 6.74. The number of rotatable bonds is 6. The van der Waals surface area contributed by atoms with Gasteiger partial charge in [0.15, 0.2) is 14.1 Å². The van der Waals surface area contributed by atoms with Crippen LogP contribution in [0.1, 0.15) is 61.3 Å². The first kappa shape index (κ1) is 22.7. The van der Waals surface area contributed by atoms with E-state index in [-0.39, 0.29) is 11.1 Å². The molecule has 0 aromatic heterocycles. The van der Waals surface area contributed by atoms with E-state index in [1.165, 1.54) is 0 Å². The Balaban J connectivity index is 2.67. The molecule has 1 fully saturated rings. The lowest BCUT2D eigenvalue weighted by Gasteiger charge is -2.36. The summed E-state index contributed by atoms with van der Waals surface area (Å²) in [7, 11) is -1.78. The molecule has 0 spiro atoms. The van der Waals surface area contributed by atoms with Crippen molar-refractivity contribution >= 4 is 8.32 Å². The second kappa shape index (κ2) is 8.54. The van der Waals surface area contributed by atoms with Gasteiger partial charge in [0.1, 0.15) is 12.2 Å². The average Bonchev–Trinajstić information content (AvgIpc) is 2.72. The zero-order valence-electron chi connectivity index (χ0n) is 17.6. The number of hydrogen-bond acceptors (Lipinski definition) is 4. The van der Waals surface area contributed by atoms with Gasteiger partial charge in [0.05, 0.1) is 6.10 Å². The third-order valence-electron chi connectivity index (χ3n) is 4.96. The van der Waals surface area contributed by atoms with Gasteiger partial charge in [0.2, 0.25) is 0 Å². The number of aliphatic hydroxyl groups is 1. The lowest BCUT2D eigenvalue weighted by atomic mass is 10.1. The average molecular weight is 371 g/mol. The Hall–Kier alpha value is -0.383. The van der Waals surface area contributed by atoms with Crippen LogP contribution in [0.15, 0.2) is 0 Å². The van der Waals surface area contributed by atoms with Crippen molar-refractivity contribution in [1.82, 2.24) is 0 Å². The Labute approximate surface area is 155 Å². The number of ether oxygens (including phenoxy) is 2. The van der Waals surface area contributed by atoms with Crippen LogP contribution < -0.4 is 0 Å². The van der Waals surface area contributed by atoms with E-state index in [0.29, 0.717) is 18.9 Å². The van der Waals surface area contributed by atoms with Gasteiger partial charge >= 0.3 is 0 Å². The molecule has 1 saturated heterocycles. The molecule has 1 aliphatic heterocycles. The van der Waals surface area contributed by atoms with Gasteiger partial charge in [-0.2, -0.15) is 0 Å². The van der Waals surface area contributed by atoms with Crippen LogP contribution in [-0.2, 0) is 13.9 Å². The van der Waals surface area contributed by atoms with Crippen molar-refractivity contribution in [1.29, 1.82) is 0 Å². The summed E-state index contributed by atoms with van der Waals surface area (Å²) in [4.78, 5) is 0. The molecule has 1 rings (SSSR count). The SMILES string of the molecule is CC(C)CC#CC(O)[C@H]1OC(C)(C)O[C@H]1CCO[Si](C)(C)C(C)(C)C. The lowest BCUT2D eigenvalue weighted by molar-refractivity contribution is -0.152. The number of hydrogen-bond donors (Lipinski definition) is 1. The molecule has 0 bridgehead atoms. The van der Waals surface area contributed by atoms with Crippen molar-refractivity contribution in [3.63, 3.8) is 0 Å². The van der Waals surface area contributed by atoms with Gasteiger partial charge in [-0.1, -0.05) is 40.5 Å². The molecule has 0 aliphatic carbocycles. The van der Waals surface area contributed by atoms with Crippen LogP contribution in [0.2, 0.25) is 18.1 Å². The van der Waals surface area contributed by atoms with Crippen molar-refractivity contribution in [3.05, 3.63) is 0 Å². The van der Waals surface area contributed by atoms with Crippen molar-refractivity contribution in [2.75, 3.05) is 6.61 Å². The first-order valence-electron chi connectivity index (χ1n) is 9.41. The molecule has 0 radical (unpaired) electrons. The second-order valence-corrected chi connectivity index (χ2v) is 14.2. The molecule has 25 heavy (non-hydrogen) atoms. The van der Waals surface area contributed by atoms with E-state index < -0.39 is 26.3 Å². The molecule has 0 amide bonds. The smallest absolute Gasteiger partial charge is 0.191 e. The zero-order chi connectivity index (χ0) is 19.5. The number of aliphatic hydroxyl groups excluding tert-OH is 1. The summed E-state index contributed by atoms with van der Waals surface area (Å²) in [6.45, 7) is 19.8. The molecular formula is C20H38O4Si. The van der Waals surface area contributed by atoms with E-state index in [4.69, 9.17) is 13.9 Å². The molecular weight excluding hydrogens is 332 g/mol. The molecule has 0 saturated carbocycles. The third kappa shape index (κ3) is 7.03. The van der Waals surface area contributed by atoms with E-state index >= 15 is 0 Å². The highest BCUT2D eigenvalue weighted by atomic mass is 28.4. The predicted octanol–water partition coefficient (Wildman–Crippen LogP) is 4.33. The van der Waals surface area contributed by atoms with E-state index in [1.54, 1.807) is 0 Å². The maximum absolute atomic E-state index is 10.4. The topological polar surface area (TPSA) is 47.9 Å². The molecule has 1 unspecified atom stereocenters. The molecule has 1 aliphatic rings. The normalized spacial score (nSPS) is 24.9. The molecule has 1 N–H and O–H groups in total. The Morgan fingerprint density at radius 1 is 1.20 bits per heavy atom. The van der Waals surface area contributed by atoms with Crippen molar-refractivity contribution in [2.24, 2.45) is 5.92 Å². The Morgan fingerprint density at radius 3 is 2.32 bits per heavy atom. The Kier molecular flexibility index (Phi) is 7.74. The van der Waals surface area contributed by atoms with Crippen molar-refractivity contribution in [2.45, 2.75) is 104 Å². The largest absolute Gasteiger partial charge is 0.417 e. The minimum Gasteiger partial charge on any atom is -0.417 e. The highest BCUT2D eigenvalue weighted by Gasteiger charge is 2.45. The molecule has 5 heteroatoms. The Morgan fingerprint density at radius 2 is 1.80 bits per heavy atom. The molecule has 3 atom stereocenters. The molecule has 1 heterocycles. The van der Waals surface area contributed by atoms with Gasteiger partial charge < -0.3 is 19.0 Å². The van der Waals surface area contributed by atoms with Crippen LogP contribution in [-0.4, -0.2) is 44.1 Å². The zero-order valence-corrected chi connectivity index (χ0v) is 18.6. The summed E-state index contributed by atoms with van der Waals surface area (Å²) in [6.07, 6.45) is -0.00401. The first-order chi connectivity index (χ1) is 11.3. The van der Waals surface area contributed by atoms with Crippen LogP contribution in [0, 0.1) is 17.8 Å². The van der Waals surface area contributed by atoms with Gasteiger partial charge in [-0.05, 0) is 44.3 Å². The van der Waals surface area contributed by atoms with E-state index in [0.717, 1.165) is 6.42 Å². The minimum absolute atomic E-state index is 0.181. The van der Waals surface area contributed by atoms with Crippen LogP contribution in [0.25, 0.3) is 0 Å². The van der Waals surface area contributed by atoms with Gasteiger partial charge in [-0.3, -0.25) is 0 Å².